The Labute approximate surface area is 119 Å². The van der Waals surface area contributed by atoms with Crippen molar-refractivity contribution in [3.63, 3.8) is 0 Å². The van der Waals surface area contributed by atoms with Crippen LogP contribution >= 0.6 is 11.3 Å². The van der Waals surface area contributed by atoms with Crippen LogP contribution in [0.1, 0.15) is 20.8 Å². The topological polar surface area (TPSA) is 79.4 Å². The van der Waals surface area contributed by atoms with Gasteiger partial charge >= 0.3 is 0 Å². The first kappa shape index (κ1) is 16.9. The second-order valence-electron chi connectivity index (χ2n) is 4.23. The minimum atomic E-state index is -4.05. The molecule has 0 aromatic carbocycles. The first-order valence-electron chi connectivity index (χ1n) is 5.68. The van der Waals surface area contributed by atoms with E-state index >= 15 is 0 Å². The van der Waals surface area contributed by atoms with Gasteiger partial charge < -0.3 is 5.32 Å². The number of alkyl halides is 2. The Balaban J connectivity index is 3.07. The van der Waals surface area contributed by atoms with Gasteiger partial charge in [0.25, 0.3) is 16.4 Å². The van der Waals surface area contributed by atoms with Crippen molar-refractivity contribution in [3.8, 4) is 0 Å². The molecule has 20 heavy (non-hydrogen) atoms. The average Bonchev–Trinajstić information content (AvgIpc) is 2.73. The third-order valence-corrected chi connectivity index (χ3v) is 5.62. The number of thiazole rings is 1. The molecule has 0 fully saturated rings. The van der Waals surface area contributed by atoms with Gasteiger partial charge in [-0.25, -0.2) is 22.2 Å². The van der Waals surface area contributed by atoms with E-state index in [2.05, 4.69) is 10.3 Å². The molecule has 1 N–H and O–H groups in total. The molecule has 0 aliphatic rings. The number of sulfonamides is 1. The van der Waals surface area contributed by atoms with Crippen LogP contribution in [-0.2, 0) is 14.8 Å². The number of rotatable bonds is 6. The number of halogens is 2. The lowest BCUT2D eigenvalue weighted by Gasteiger charge is -2.24. The third kappa shape index (κ3) is 4.18. The Hall–Kier alpha value is -1.13. The van der Waals surface area contributed by atoms with Gasteiger partial charge in [-0.2, -0.15) is 4.31 Å². The van der Waals surface area contributed by atoms with E-state index in [4.69, 9.17) is 0 Å². The monoisotopic (exact) mass is 327 g/mol. The number of aromatic nitrogens is 1. The van der Waals surface area contributed by atoms with Gasteiger partial charge in [0.1, 0.15) is 0 Å². The minimum absolute atomic E-state index is 0.108. The van der Waals surface area contributed by atoms with Crippen LogP contribution in [0.4, 0.5) is 13.9 Å². The Morgan fingerprint density at radius 3 is 2.55 bits per heavy atom. The molecule has 1 amide bonds. The standard InChI is InChI=1S/C10H15F2N3O3S2/c1-6(2)15(5-8(11)12)20(17,18)9-4-13-10(19-9)14-7(3)16/h4,6,8H,5H2,1-3H3,(H,13,14,16). The van der Waals surface area contributed by atoms with Crippen LogP contribution in [0, 0.1) is 0 Å². The number of nitrogens with zero attached hydrogens (tertiary/aromatic N) is 2. The first-order valence-corrected chi connectivity index (χ1v) is 7.93. The molecule has 0 bridgehead atoms. The lowest BCUT2D eigenvalue weighted by Crippen LogP contribution is -2.39. The zero-order chi connectivity index (χ0) is 15.5. The lowest BCUT2D eigenvalue weighted by atomic mass is 10.4. The summed E-state index contributed by atoms with van der Waals surface area (Å²) in [5.41, 5.74) is 0. The number of anilines is 1. The van der Waals surface area contributed by atoms with E-state index in [0.717, 1.165) is 17.5 Å². The molecule has 0 spiro atoms. The predicted octanol–water partition coefficient (Wildman–Crippen LogP) is 1.77. The van der Waals surface area contributed by atoms with Gasteiger partial charge in [-0.1, -0.05) is 11.3 Å². The molecule has 1 aromatic rings. The second-order valence-corrected chi connectivity index (χ2v) is 7.37. The SMILES string of the molecule is CC(=O)Nc1ncc(S(=O)(=O)N(CC(F)F)C(C)C)s1. The number of carbonyl (C=O) groups is 1. The van der Waals surface area contributed by atoms with E-state index < -0.39 is 34.9 Å². The molecule has 0 saturated carbocycles. The van der Waals surface area contributed by atoms with Gasteiger partial charge in [-0.15, -0.1) is 0 Å². The summed E-state index contributed by atoms with van der Waals surface area (Å²) in [5, 5.41) is 2.45. The van der Waals surface area contributed by atoms with Crippen molar-refractivity contribution in [3.05, 3.63) is 6.20 Å². The maximum absolute atomic E-state index is 12.5. The highest BCUT2D eigenvalue weighted by atomic mass is 32.2. The van der Waals surface area contributed by atoms with Crippen LogP contribution in [0.25, 0.3) is 0 Å². The molecule has 0 atom stereocenters. The lowest BCUT2D eigenvalue weighted by molar-refractivity contribution is -0.114. The van der Waals surface area contributed by atoms with Gasteiger partial charge in [0, 0.05) is 13.0 Å². The van der Waals surface area contributed by atoms with Crippen LogP contribution < -0.4 is 5.32 Å². The summed E-state index contributed by atoms with van der Waals surface area (Å²) in [6, 6.07) is -0.611. The first-order chi connectivity index (χ1) is 9.14. The average molecular weight is 327 g/mol. The summed E-state index contributed by atoms with van der Waals surface area (Å²) < 4.78 is 50.0. The van der Waals surface area contributed by atoms with Crippen molar-refractivity contribution >= 4 is 32.4 Å². The molecule has 6 nitrogen and oxygen atoms in total. The number of carbonyl (C=O) groups excluding carboxylic acids is 1. The molecule has 0 radical (unpaired) electrons. The molecule has 0 saturated heterocycles. The highest BCUT2D eigenvalue weighted by Crippen LogP contribution is 2.27. The maximum Gasteiger partial charge on any atom is 0.254 e. The smallest absolute Gasteiger partial charge is 0.254 e. The number of nitrogens with one attached hydrogen (secondary N) is 1. The largest absolute Gasteiger partial charge is 0.302 e. The zero-order valence-corrected chi connectivity index (χ0v) is 12.8. The Bertz CT molecular complexity index is 572. The molecule has 0 aliphatic carbocycles. The fourth-order valence-electron chi connectivity index (χ4n) is 1.43. The van der Waals surface area contributed by atoms with Gasteiger partial charge in [-0.3, -0.25) is 4.79 Å². The number of hydrogen-bond acceptors (Lipinski definition) is 5. The van der Waals surface area contributed by atoms with E-state index in [1.807, 2.05) is 0 Å². The summed E-state index contributed by atoms with van der Waals surface area (Å²) in [4.78, 5) is 14.6. The molecular weight excluding hydrogens is 312 g/mol. The second kappa shape index (κ2) is 6.55. The summed E-state index contributed by atoms with van der Waals surface area (Å²) >= 11 is 0.723. The quantitative estimate of drug-likeness (QED) is 0.863. The molecule has 10 heteroatoms. The fraction of sp³-hybridized carbons (Fsp3) is 0.600. The van der Waals surface area contributed by atoms with Gasteiger partial charge in [0.15, 0.2) is 9.34 Å². The Kier molecular flexibility index (Phi) is 5.54. The summed E-state index contributed by atoms with van der Waals surface area (Å²) in [6.07, 6.45) is -1.72. The van der Waals surface area contributed by atoms with E-state index in [1.54, 1.807) is 0 Å². The molecule has 0 unspecified atom stereocenters. The number of amides is 1. The van der Waals surface area contributed by atoms with Gasteiger partial charge in [0.2, 0.25) is 5.91 Å². The molecule has 114 valence electrons. The van der Waals surface area contributed by atoms with Crippen LogP contribution in [0.15, 0.2) is 10.4 Å². The Morgan fingerprint density at radius 2 is 2.10 bits per heavy atom. The van der Waals surface area contributed by atoms with Crippen molar-refractivity contribution in [2.75, 3.05) is 11.9 Å². The normalized spacial score (nSPS) is 12.4. The van der Waals surface area contributed by atoms with Crippen LogP contribution in [0.2, 0.25) is 0 Å². The van der Waals surface area contributed by atoms with Crippen molar-refractivity contribution in [2.45, 2.75) is 37.4 Å². The predicted molar refractivity (Wildman–Crippen MR) is 71.4 cm³/mol. The Morgan fingerprint density at radius 1 is 1.50 bits per heavy atom. The van der Waals surface area contributed by atoms with Crippen LogP contribution in [0.5, 0.6) is 0 Å². The summed E-state index contributed by atoms with van der Waals surface area (Å²) in [7, 11) is -4.05. The van der Waals surface area contributed by atoms with Crippen molar-refractivity contribution in [1.82, 2.24) is 9.29 Å². The van der Waals surface area contributed by atoms with Gasteiger partial charge in [0.05, 0.1) is 12.7 Å². The number of hydrogen-bond donors (Lipinski definition) is 1. The summed E-state index contributed by atoms with van der Waals surface area (Å²) in [5.74, 6) is -0.392. The zero-order valence-electron chi connectivity index (χ0n) is 11.1. The van der Waals surface area contributed by atoms with Crippen molar-refractivity contribution < 1.29 is 22.0 Å². The van der Waals surface area contributed by atoms with Gasteiger partial charge in [-0.05, 0) is 13.8 Å². The summed E-state index contributed by atoms with van der Waals surface area (Å²) in [6.45, 7) is 3.39. The van der Waals surface area contributed by atoms with E-state index in [9.17, 15) is 22.0 Å². The van der Waals surface area contributed by atoms with Crippen molar-refractivity contribution in [2.24, 2.45) is 0 Å². The maximum atomic E-state index is 12.5. The molecule has 1 aromatic heterocycles. The van der Waals surface area contributed by atoms with E-state index in [-0.39, 0.29) is 9.34 Å². The molecule has 1 rings (SSSR count). The minimum Gasteiger partial charge on any atom is -0.302 e. The fourth-order valence-corrected chi connectivity index (χ4v) is 4.25. The van der Waals surface area contributed by atoms with Crippen LogP contribution in [0.3, 0.4) is 0 Å². The molecular formula is C10H15F2N3O3S2. The van der Waals surface area contributed by atoms with E-state index in [0.29, 0.717) is 4.31 Å². The molecule has 1 heterocycles. The van der Waals surface area contributed by atoms with Crippen LogP contribution in [-0.4, -0.2) is 42.6 Å². The van der Waals surface area contributed by atoms with Crippen molar-refractivity contribution in [1.29, 1.82) is 0 Å². The highest BCUT2D eigenvalue weighted by molar-refractivity contribution is 7.91. The highest BCUT2D eigenvalue weighted by Gasteiger charge is 2.31. The van der Waals surface area contributed by atoms with E-state index in [1.165, 1.54) is 20.8 Å². The third-order valence-electron chi connectivity index (χ3n) is 2.22. The molecule has 0 aliphatic heterocycles.